The van der Waals surface area contributed by atoms with Crippen molar-refractivity contribution in [1.82, 2.24) is 4.98 Å². The normalized spacial score (nSPS) is 15.5. The minimum atomic E-state index is 0.235. The number of aromatic nitrogens is 1. The van der Waals surface area contributed by atoms with Gasteiger partial charge < -0.3 is 15.7 Å². The molecule has 0 spiro atoms. The van der Waals surface area contributed by atoms with Crippen molar-refractivity contribution in [2.45, 2.75) is 45.2 Å². The fourth-order valence-corrected chi connectivity index (χ4v) is 2.41. The molecule has 1 aromatic heterocycles. The van der Waals surface area contributed by atoms with Gasteiger partial charge in [-0.3, -0.25) is 0 Å². The van der Waals surface area contributed by atoms with Gasteiger partial charge in [0.25, 0.3) is 0 Å². The minimum absolute atomic E-state index is 0.235. The van der Waals surface area contributed by atoms with Crippen LogP contribution in [0.25, 0.3) is 0 Å². The lowest BCUT2D eigenvalue weighted by Gasteiger charge is -2.38. The summed E-state index contributed by atoms with van der Waals surface area (Å²) in [4.78, 5) is 6.97. The van der Waals surface area contributed by atoms with E-state index in [2.05, 4.69) is 16.0 Å². The topological polar surface area (TPSA) is 62.4 Å². The lowest BCUT2D eigenvalue weighted by Crippen LogP contribution is -2.41. The highest BCUT2D eigenvalue weighted by Crippen LogP contribution is 2.29. The molecule has 100 valence electrons. The van der Waals surface area contributed by atoms with E-state index in [9.17, 15) is 0 Å². The summed E-state index contributed by atoms with van der Waals surface area (Å²) in [5, 5.41) is 9.02. The summed E-state index contributed by atoms with van der Waals surface area (Å²) in [5.74, 6) is 1.02. The Morgan fingerprint density at radius 1 is 1.44 bits per heavy atom. The van der Waals surface area contributed by atoms with Gasteiger partial charge in [-0.15, -0.1) is 0 Å². The van der Waals surface area contributed by atoms with Gasteiger partial charge >= 0.3 is 0 Å². The number of aliphatic hydroxyl groups excluding tert-OH is 1. The molecule has 1 heterocycles. The molecular weight excluding hydrogens is 226 g/mol. The zero-order chi connectivity index (χ0) is 13.0. The molecule has 0 atom stereocenters. The van der Waals surface area contributed by atoms with Crippen molar-refractivity contribution in [3.8, 4) is 0 Å². The van der Waals surface area contributed by atoms with Crippen LogP contribution < -0.4 is 10.6 Å². The molecule has 0 aromatic carbocycles. The van der Waals surface area contributed by atoms with Crippen LogP contribution in [0.5, 0.6) is 0 Å². The molecule has 1 saturated carbocycles. The van der Waals surface area contributed by atoms with Crippen molar-refractivity contribution in [2.24, 2.45) is 5.73 Å². The van der Waals surface area contributed by atoms with Crippen LogP contribution in [-0.2, 0) is 6.54 Å². The van der Waals surface area contributed by atoms with Crippen LogP contribution in [-0.4, -0.2) is 29.3 Å². The Bertz CT molecular complexity index is 391. The van der Waals surface area contributed by atoms with Crippen LogP contribution in [0, 0.1) is 6.92 Å². The number of nitrogens with zero attached hydrogens (tertiary/aromatic N) is 2. The molecule has 0 aliphatic heterocycles. The number of aryl methyl sites for hydroxylation is 1. The average Bonchev–Trinajstić information content (AvgIpc) is 2.31. The van der Waals surface area contributed by atoms with Crippen molar-refractivity contribution in [1.29, 1.82) is 0 Å². The number of pyridine rings is 1. The summed E-state index contributed by atoms with van der Waals surface area (Å²) in [6.07, 6.45) is 4.57. The Balaban J connectivity index is 2.19. The molecule has 0 saturated heterocycles. The van der Waals surface area contributed by atoms with E-state index in [0.717, 1.165) is 30.0 Å². The van der Waals surface area contributed by atoms with Gasteiger partial charge in [-0.05, 0) is 50.3 Å². The fraction of sp³-hybridized carbons (Fsp3) is 0.643. The molecule has 18 heavy (non-hydrogen) atoms. The van der Waals surface area contributed by atoms with Gasteiger partial charge in [0.1, 0.15) is 5.82 Å². The lowest BCUT2D eigenvalue weighted by atomic mass is 9.91. The molecule has 0 radical (unpaired) electrons. The fourth-order valence-electron chi connectivity index (χ4n) is 2.41. The minimum Gasteiger partial charge on any atom is -0.396 e. The number of nitrogens with two attached hydrogens (primary N) is 1. The van der Waals surface area contributed by atoms with E-state index >= 15 is 0 Å². The second-order valence-electron chi connectivity index (χ2n) is 5.03. The van der Waals surface area contributed by atoms with Crippen molar-refractivity contribution < 1.29 is 5.11 Å². The summed E-state index contributed by atoms with van der Waals surface area (Å²) in [6, 6.07) is 4.72. The van der Waals surface area contributed by atoms with Gasteiger partial charge in [0.05, 0.1) is 0 Å². The Kier molecular flexibility index (Phi) is 4.55. The van der Waals surface area contributed by atoms with E-state index in [1.54, 1.807) is 0 Å². The summed E-state index contributed by atoms with van der Waals surface area (Å²) in [5.41, 5.74) is 7.87. The smallest absolute Gasteiger partial charge is 0.129 e. The summed E-state index contributed by atoms with van der Waals surface area (Å²) in [6.45, 7) is 3.67. The van der Waals surface area contributed by atoms with E-state index in [0.29, 0.717) is 12.6 Å². The summed E-state index contributed by atoms with van der Waals surface area (Å²) in [7, 11) is 0. The number of anilines is 1. The molecule has 3 N–H and O–H groups in total. The monoisotopic (exact) mass is 249 g/mol. The van der Waals surface area contributed by atoms with Gasteiger partial charge in [0.15, 0.2) is 0 Å². The van der Waals surface area contributed by atoms with Gasteiger partial charge in [-0.1, -0.05) is 0 Å². The number of hydrogen-bond donors (Lipinski definition) is 2. The van der Waals surface area contributed by atoms with Crippen molar-refractivity contribution in [3.05, 3.63) is 23.4 Å². The first kappa shape index (κ1) is 13.3. The zero-order valence-corrected chi connectivity index (χ0v) is 11.1. The van der Waals surface area contributed by atoms with Crippen LogP contribution in [0.3, 0.4) is 0 Å². The van der Waals surface area contributed by atoms with E-state index < -0.39 is 0 Å². The van der Waals surface area contributed by atoms with Crippen LogP contribution in [0.1, 0.15) is 36.9 Å². The molecule has 0 bridgehead atoms. The Morgan fingerprint density at radius 2 is 2.22 bits per heavy atom. The molecule has 0 amide bonds. The predicted molar refractivity (Wildman–Crippen MR) is 73.6 cm³/mol. The van der Waals surface area contributed by atoms with Gasteiger partial charge in [-0.2, -0.15) is 0 Å². The molecular formula is C14H23N3O. The molecule has 1 aromatic rings. The van der Waals surface area contributed by atoms with Gasteiger partial charge in [-0.25, -0.2) is 4.98 Å². The Hall–Kier alpha value is -1.13. The highest BCUT2D eigenvalue weighted by Gasteiger charge is 2.25. The van der Waals surface area contributed by atoms with Crippen LogP contribution >= 0.6 is 0 Å². The standard InChI is InChI=1S/C14H23N3O/c1-11-8-12(10-15)9-14(16-11)17(6-3-7-18)13-4-2-5-13/h8-9,13,18H,2-7,10,15H2,1H3. The van der Waals surface area contributed by atoms with Crippen LogP contribution in [0.15, 0.2) is 12.1 Å². The molecule has 1 aliphatic carbocycles. The van der Waals surface area contributed by atoms with Crippen molar-refractivity contribution in [3.63, 3.8) is 0 Å². The first-order valence-electron chi connectivity index (χ1n) is 6.79. The van der Waals surface area contributed by atoms with Crippen molar-refractivity contribution in [2.75, 3.05) is 18.1 Å². The van der Waals surface area contributed by atoms with Gasteiger partial charge in [0.2, 0.25) is 0 Å². The molecule has 4 nitrogen and oxygen atoms in total. The number of aliphatic hydroxyl groups is 1. The summed E-state index contributed by atoms with van der Waals surface area (Å²) >= 11 is 0. The first-order valence-corrected chi connectivity index (χ1v) is 6.79. The highest BCUT2D eigenvalue weighted by atomic mass is 16.3. The Morgan fingerprint density at radius 3 is 2.78 bits per heavy atom. The molecule has 4 heteroatoms. The predicted octanol–water partition coefficient (Wildman–Crippen LogP) is 1.59. The quantitative estimate of drug-likeness (QED) is 0.803. The van der Waals surface area contributed by atoms with Crippen LogP contribution in [0.4, 0.5) is 5.82 Å². The molecule has 1 fully saturated rings. The third-order valence-electron chi connectivity index (χ3n) is 3.60. The van der Waals surface area contributed by atoms with E-state index in [1.807, 2.05) is 13.0 Å². The molecule has 0 unspecified atom stereocenters. The maximum absolute atomic E-state index is 9.02. The maximum atomic E-state index is 9.02. The first-order chi connectivity index (χ1) is 8.74. The maximum Gasteiger partial charge on any atom is 0.129 e. The molecule has 2 rings (SSSR count). The second-order valence-corrected chi connectivity index (χ2v) is 5.03. The third kappa shape index (κ3) is 3.00. The Labute approximate surface area is 109 Å². The number of rotatable bonds is 6. The van der Waals surface area contributed by atoms with Crippen LogP contribution in [0.2, 0.25) is 0 Å². The SMILES string of the molecule is Cc1cc(CN)cc(N(CCCO)C2CCC2)n1. The van der Waals surface area contributed by atoms with Crippen molar-refractivity contribution >= 4 is 5.82 Å². The summed E-state index contributed by atoms with van der Waals surface area (Å²) < 4.78 is 0. The largest absolute Gasteiger partial charge is 0.396 e. The molecule has 1 aliphatic rings. The lowest BCUT2D eigenvalue weighted by molar-refractivity contribution is 0.282. The highest BCUT2D eigenvalue weighted by molar-refractivity contribution is 5.44. The van der Waals surface area contributed by atoms with E-state index in [-0.39, 0.29) is 6.61 Å². The van der Waals surface area contributed by atoms with Gasteiger partial charge in [0, 0.05) is 31.4 Å². The number of hydrogen-bond acceptors (Lipinski definition) is 4. The van der Waals surface area contributed by atoms with E-state index in [4.69, 9.17) is 10.8 Å². The average molecular weight is 249 g/mol. The second kappa shape index (κ2) is 6.16. The van der Waals surface area contributed by atoms with E-state index in [1.165, 1.54) is 19.3 Å². The zero-order valence-electron chi connectivity index (χ0n) is 11.1. The third-order valence-corrected chi connectivity index (χ3v) is 3.60.